The summed E-state index contributed by atoms with van der Waals surface area (Å²) in [7, 11) is -0.983. The maximum Gasteiger partial charge on any atom is 0.304 e. The molecule has 8 heteroatoms. The van der Waals surface area contributed by atoms with Crippen molar-refractivity contribution < 1.29 is 13.2 Å². The number of nitrogens with one attached hydrogen (secondary N) is 1. The molecule has 0 aromatic heterocycles. The van der Waals surface area contributed by atoms with Crippen molar-refractivity contribution in [3.05, 3.63) is 58.1 Å². The van der Waals surface area contributed by atoms with E-state index in [1.807, 2.05) is 26.0 Å². The summed E-state index contributed by atoms with van der Waals surface area (Å²) in [4.78, 5) is 12.6. The molecule has 27 heavy (non-hydrogen) atoms. The van der Waals surface area contributed by atoms with Crippen molar-refractivity contribution in [2.75, 3.05) is 30.3 Å². The molecule has 0 atom stereocenters. The standard InChI is InChI=1S/C19H24ClN3O3S/c1-13-9-10-14(2)18(11-13)23(27(25,26)22(4)5)12-19(24)21-17-8-6-7-16(20)15(17)3/h6-11H,12H2,1-5H3,(H,21,24). The molecule has 0 saturated carbocycles. The van der Waals surface area contributed by atoms with Gasteiger partial charge in [-0.15, -0.1) is 0 Å². The van der Waals surface area contributed by atoms with Crippen LogP contribution in [-0.4, -0.2) is 39.3 Å². The number of amides is 1. The second kappa shape index (κ2) is 8.29. The van der Waals surface area contributed by atoms with Gasteiger partial charge in [0.25, 0.3) is 0 Å². The largest absolute Gasteiger partial charge is 0.324 e. The minimum atomic E-state index is -3.86. The fourth-order valence-electron chi connectivity index (χ4n) is 2.54. The summed E-state index contributed by atoms with van der Waals surface area (Å²) in [6.45, 7) is 5.12. The zero-order valence-corrected chi connectivity index (χ0v) is 17.6. The minimum Gasteiger partial charge on any atom is -0.324 e. The molecular formula is C19H24ClN3O3S. The first-order valence-corrected chi connectivity index (χ1v) is 10.1. The van der Waals surface area contributed by atoms with Gasteiger partial charge in [-0.3, -0.25) is 4.79 Å². The second-order valence-electron chi connectivity index (χ2n) is 6.55. The quantitative estimate of drug-likeness (QED) is 0.793. The first-order valence-electron chi connectivity index (χ1n) is 8.36. The van der Waals surface area contributed by atoms with E-state index in [0.717, 1.165) is 25.3 Å². The lowest BCUT2D eigenvalue weighted by molar-refractivity contribution is -0.114. The summed E-state index contributed by atoms with van der Waals surface area (Å²) < 4.78 is 27.9. The summed E-state index contributed by atoms with van der Waals surface area (Å²) in [6, 6.07) is 10.7. The van der Waals surface area contributed by atoms with Crippen LogP contribution in [0.1, 0.15) is 16.7 Å². The predicted octanol–water partition coefficient (Wildman–Crippen LogP) is 3.52. The molecule has 0 radical (unpaired) electrons. The lowest BCUT2D eigenvalue weighted by atomic mass is 10.1. The number of rotatable bonds is 6. The SMILES string of the molecule is Cc1ccc(C)c(N(CC(=O)Nc2cccc(Cl)c2C)S(=O)(=O)N(C)C)c1. The van der Waals surface area contributed by atoms with Gasteiger partial charge >= 0.3 is 10.2 Å². The molecule has 2 aromatic rings. The number of carbonyl (C=O) groups is 1. The van der Waals surface area contributed by atoms with E-state index in [1.165, 1.54) is 14.1 Å². The van der Waals surface area contributed by atoms with Crippen LogP contribution in [0.3, 0.4) is 0 Å². The molecule has 0 fully saturated rings. The van der Waals surface area contributed by atoms with E-state index in [-0.39, 0.29) is 6.54 Å². The molecule has 0 heterocycles. The molecule has 0 unspecified atom stereocenters. The zero-order valence-electron chi connectivity index (χ0n) is 16.1. The van der Waals surface area contributed by atoms with Gasteiger partial charge in [0.1, 0.15) is 6.54 Å². The highest BCUT2D eigenvalue weighted by Crippen LogP contribution is 2.26. The number of anilines is 2. The minimum absolute atomic E-state index is 0.350. The first kappa shape index (κ1) is 21.2. The van der Waals surface area contributed by atoms with Crippen LogP contribution >= 0.6 is 11.6 Å². The zero-order chi connectivity index (χ0) is 20.4. The van der Waals surface area contributed by atoms with Crippen LogP contribution < -0.4 is 9.62 Å². The van der Waals surface area contributed by atoms with Crippen molar-refractivity contribution in [2.45, 2.75) is 20.8 Å². The highest BCUT2D eigenvalue weighted by molar-refractivity contribution is 7.90. The van der Waals surface area contributed by atoms with Crippen LogP contribution in [0.2, 0.25) is 5.02 Å². The summed E-state index contributed by atoms with van der Waals surface area (Å²) in [5.74, 6) is -0.452. The van der Waals surface area contributed by atoms with E-state index < -0.39 is 16.1 Å². The molecular weight excluding hydrogens is 386 g/mol. The van der Waals surface area contributed by atoms with Gasteiger partial charge in [-0.1, -0.05) is 29.8 Å². The highest BCUT2D eigenvalue weighted by Gasteiger charge is 2.28. The number of halogens is 1. The van der Waals surface area contributed by atoms with Gasteiger partial charge < -0.3 is 5.32 Å². The van der Waals surface area contributed by atoms with Crippen LogP contribution in [0.25, 0.3) is 0 Å². The topological polar surface area (TPSA) is 69.7 Å². The van der Waals surface area contributed by atoms with Crippen molar-refractivity contribution in [1.29, 1.82) is 0 Å². The van der Waals surface area contributed by atoms with E-state index in [0.29, 0.717) is 16.4 Å². The summed E-state index contributed by atoms with van der Waals surface area (Å²) in [5.41, 5.74) is 3.41. The van der Waals surface area contributed by atoms with Gasteiger partial charge in [-0.25, -0.2) is 4.31 Å². The lowest BCUT2D eigenvalue weighted by Crippen LogP contribution is -2.44. The van der Waals surface area contributed by atoms with E-state index in [2.05, 4.69) is 5.32 Å². The van der Waals surface area contributed by atoms with Crippen molar-refractivity contribution in [2.24, 2.45) is 0 Å². The van der Waals surface area contributed by atoms with Gasteiger partial charge in [0, 0.05) is 24.8 Å². The average Bonchev–Trinajstić information content (AvgIpc) is 2.59. The molecule has 0 spiro atoms. The van der Waals surface area contributed by atoms with E-state index in [1.54, 1.807) is 31.2 Å². The van der Waals surface area contributed by atoms with Gasteiger partial charge in [0.05, 0.1) is 5.69 Å². The summed E-state index contributed by atoms with van der Waals surface area (Å²) in [5, 5.41) is 3.28. The summed E-state index contributed by atoms with van der Waals surface area (Å²) >= 11 is 6.09. The van der Waals surface area contributed by atoms with Crippen molar-refractivity contribution in [3.63, 3.8) is 0 Å². The van der Waals surface area contributed by atoms with Crippen LogP contribution in [0, 0.1) is 20.8 Å². The molecule has 0 aliphatic heterocycles. The fourth-order valence-corrected chi connectivity index (χ4v) is 3.83. The first-order chi connectivity index (χ1) is 12.5. The number of benzene rings is 2. The molecule has 1 N–H and O–H groups in total. The Balaban J connectivity index is 2.39. The Hall–Kier alpha value is -2.09. The third-order valence-electron chi connectivity index (χ3n) is 4.20. The third kappa shape index (κ3) is 4.80. The maximum atomic E-state index is 12.9. The van der Waals surface area contributed by atoms with E-state index in [9.17, 15) is 13.2 Å². The third-order valence-corrected chi connectivity index (χ3v) is 6.42. The van der Waals surface area contributed by atoms with Crippen molar-refractivity contribution >= 4 is 39.1 Å². The number of aryl methyl sites for hydroxylation is 2. The van der Waals surface area contributed by atoms with E-state index >= 15 is 0 Å². The molecule has 146 valence electrons. The number of hydrogen-bond acceptors (Lipinski definition) is 3. The molecule has 2 rings (SSSR count). The smallest absolute Gasteiger partial charge is 0.304 e. The maximum absolute atomic E-state index is 12.9. The normalized spacial score (nSPS) is 11.5. The van der Waals surface area contributed by atoms with Crippen LogP contribution in [0.5, 0.6) is 0 Å². The Morgan fingerprint density at radius 2 is 1.78 bits per heavy atom. The monoisotopic (exact) mass is 409 g/mol. The fraction of sp³-hybridized carbons (Fsp3) is 0.316. The molecule has 0 aliphatic carbocycles. The molecule has 6 nitrogen and oxygen atoms in total. The Morgan fingerprint density at radius 1 is 1.11 bits per heavy atom. The predicted molar refractivity (Wildman–Crippen MR) is 111 cm³/mol. The summed E-state index contributed by atoms with van der Waals surface area (Å²) in [6.07, 6.45) is 0. The second-order valence-corrected chi connectivity index (χ2v) is 9.02. The Labute approximate surface area is 165 Å². The highest BCUT2D eigenvalue weighted by atomic mass is 35.5. The van der Waals surface area contributed by atoms with Gasteiger partial charge in [-0.2, -0.15) is 12.7 Å². The molecule has 0 aliphatic rings. The van der Waals surface area contributed by atoms with Gasteiger partial charge in [0.2, 0.25) is 5.91 Å². The molecule has 1 amide bonds. The van der Waals surface area contributed by atoms with Gasteiger partial charge in [0.15, 0.2) is 0 Å². The van der Waals surface area contributed by atoms with Crippen molar-refractivity contribution in [3.8, 4) is 0 Å². The van der Waals surface area contributed by atoms with Crippen LogP contribution in [0.4, 0.5) is 11.4 Å². The average molecular weight is 410 g/mol. The number of nitrogens with zero attached hydrogens (tertiary/aromatic N) is 2. The Bertz CT molecular complexity index is 959. The Kier molecular flexibility index (Phi) is 6.51. The Morgan fingerprint density at radius 3 is 2.41 bits per heavy atom. The van der Waals surface area contributed by atoms with Crippen molar-refractivity contribution in [1.82, 2.24) is 4.31 Å². The molecule has 2 aromatic carbocycles. The molecule has 0 saturated heterocycles. The number of carbonyl (C=O) groups excluding carboxylic acids is 1. The van der Waals surface area contributed by atoms with Crippen LogP contribution in [0.15, 0.2) is 36.4 Å². The van der Waals surface area contributed by atoms with E-state index in [4.69, 9.17) is 11.6 Å². The van der Waals surface area contributed by atoms with Crippen LogP contribution in [-0.2, 0) is 15.0 Å². The lowest BCUT2D eigenvalue weighted by Gasteiger charge is -2.28. The number of hydrogen-bond donors (Lipinski definition) is 1. The van der Waals surface area contributed by atoms with Gasteiger partial charge in [-0.05, 0) is 55.7 Å². The molecule has 0 bridgehead atoms.